The standard InChI is InChI=1S/C12H21NO5/c1-12(2,3)18-11(16)13-9(10(14)15)7-17-6-8-4-5-8/h8-9H,4-7H2,1-3H3,(H,13,16)(H,14,15). The van der Waals surface area contributed by atoms with E-state index in [1.54, 1.807) is 20.8 Å². The molecule has 1 atom stereocenters. The van der Waals surface area contributed by atoms with E-state index in [1.807, 2.05) is 0 Å². The fourth-order valence-electron chi connectivity index (χ4n) is 1.26. The third kappa shape index (κ3) is 6.44. The van der Waals surface area contributed by atoms with Crippen molar-refractivity contribution in [3.63, 3.8) is 0 Å². The second-order valence-corrected chi connectivity index (χ2v) is 5.52. The van der Waals surface area contributed by atoms with Crippen LogP contribution in [0, 0.1) is 5.92 Å². The Hall–Kier alpha value is -1.30. The normalized spacial score (nSPS) is 17.1. The summed E-state index contributed by atoms with van der Waals surface area (Å²) in [7, 11) is 0. The summed E-state index contributed by atoms with van der Waals surface area (Å²) in [5.41, 5.74) is -0.651. The molecule has 18 heavy (non-hydrogen) atoms. The Morgan fingerprint density at radius 2 is 2.00 bits per heavy atom. The van der Waals surface area contributed by atoms with Gasteiger partial charge in [0.1, 0.15) is 5.60 Å². The first-order valence-corrected chi connectivity index (χ1v) is 6.08. The van der Waals surface area contributed by atoms with Crippen molar-refractivity contribution in [2.45, 2.75) is 45.3 Å². The van der Waals surface area contributed by atoms with Gasteiger partial charge in [-0.05, 0) is 39.5 Å². The van der Waals surface area contributed by atoms with Gasteiger partial charge >= 0.3 is 12.1 Å². The van der Waals surface area contributed by atoms with Crippen LogP contribution in [0.1, 0.15) is 33.6 Å². The molecule has 0 spiro atoms. The number of rotatable bonds is 6. The van der Waals surface area contributed by atoms with E-state index in [1.165, 1.54) is 0 Å². The number of carbonyl (C=O) groups is 2. The third-order valence-electron chi connectivity index (χ3n) is 2.32. The number of ether oxygens (including phenoxy) is 2. The number of carboxylic acids is 1. The minimum atomic E-state index is -1.13. The van der Waals surface area contributed by atoms with Crippen molar-refractivity contribution in [3.05, 3.63) is 0 Å². The molecular formula is C12H21NO5. The largest absolute Gasteiger partial charge is 0.480 e. The first-order valence-electron chi connectivity index (χ1n) is 6.08. The SMILES string of the molecule is CC(C)(C)OC(=O)NC(COCC1CC1)C(=O)O. The number of amides is 1. The molecule has 1 aliphatic carbocycles. The molecule has 1 rings (SSSR count). The molecule has 0 aromatic carbocycles. The van der Waals surface area contributed by atoms with Crippen LogP contribution in [0.15, 0.2) is 0 Å². The smallest absolute Gasteiger partial charge is 0.408 e. The molecule has 0 bridgehead atoms. The highest BCUT2D eigenvalue weighted by Gasteiger charge is 2.26. The summed E-state index contributed by atoms with van der Waals surface area (Å²) in [6.45, 7) is 5.66. The minimum absolute atomic E-state index is 0.0366. The number of aliphatic carboxylic acids is 1. The van der Waals surface area contributed by atoms with E-state index in [4.69, 9.17) is 14.6 Å². The molecule has 0 aromatic rings. The Morgan fingerprint density at radius 3 is 2.44 bits per heavy atom. The van der Waals surface area contributed by atoms with Crippen molar-refractivity contribution < 1.29 is 24.2 Å². The molecule has 2 N–H and O–H groups in total. The van der Waals surface area contributed by atoms with Gasteiger partial charge in [0.25, 0.3) is 0 Å². The van der Waals surface area contributed by atoms with Crippen LogP contribution in [0.5, 0.6) is 0 Å². The molecule has 1 unspecified atom stereocenters. The molecule has 6 heteroatoms. The van der Waals surface area contributed by atoms with E-state index in [2.05, 4.69) is 5.32 Å². The van der Waals surface area contributed by atoms with E-state index in [-0.39, 0.29) is 6.61 Å². The van der Waals surface area contributed by atoms with Crippen LogP contribution in [-0.2, 0) is 14.3 Å². The highest BCUT2D eigenvalue weighted by Crippen LogP contribution is 2.28. The first kappa shape index (κ1) is 14.8. The molecule has 1 saturated carbocycles. The van der Waals surface area contributed by atoms with E-state index in [0.717, 1.165) is 12.8 Å². The summed E-state index contributed by atoms with van der Waals surface area (Å²) >= 11 is 0. The molecule has 0 radical (unpaired) electrons. The van der Waals surface area contributed by atoms with Crippen LogP contribution in [0.3, 0.4) is 0 Å². The fraction of sp³-hybridized carbons (Fsp3) is 0.833. The Balaban J connectivity index is 2.31. The Bertz CT molecular complexity index is 306. The fourth-order valence-corrected chi connectivity index (χ4v) is 1.26. The highest BCUT2D eigenvalue weighted by molar-refractivity contribution is 5.80. The van der Waals surface area contributed by atoms with Crippen LogP contribution >= 0.6 is 0 Å². The molecular weight excluding hydrogens is 238 g/mol. The predicted molar refractivity (Wildman–Crippen MR) is 64.3 cm³/mol. The van der Waals surface area contributed by atoms with E-state index in [0.29, 0.717) is 12.5 Å². The maximum atomic E-state index is 11.4. The molecule has 0 aliphatic heterocycles. The van der Waals surface area contributed by atoms with Gasteiger partial charge in [0.2, 0.25) is 0 Å². The van der Waals surface area contributed by atoms with Gasteiger partial charge in [0.05, 0.1) is 6.61 Å². The van der Waals surface area contributed by atoms with Gasteiger partial charge in [-0.3, -0.25) is 0 Å². The Labute approximate surface area is 107 Å². The average molecular weight is 259 g/mol. The first-order chi connectivity index (χ1) is 8.28. The second-order valence-electron chi connectivity index (χ2n) is 5.52. The lowest BCUT2D eigenvalue weighted by molar-refractivity contribution is -0.141. The molecule has 6 nitrogen and oxygen atoms in total. The lowest BCUT2D eigenvalue weighted by Crippen LogP contribution is -2.46. The van der Waals surface area contributed by atoms with Crippen molar-refractivity contribution >= 4 is 12.1 Å². The second kappa shape index (κ2) is 6.04. The van der Waals surface area contributed by atoms with Gasteiger partial charge in [-0.25, -0.2) is 9.59 Å². The van der Waals surface area contributed by atoms with Gasteiger partial charge in [-0.1, -0.05) is 0 Å². The Morgan fingerprint density at radius 1 is 1.39 bits per heavy atom. The zero-order chi connectivity index (χ0) is 13.8. The zero-order valence-corrected chi connectivity index (χ0v) is 11.1. The summed E-state index contributed by atoms with van der Waals surface area (Å²) in [6, 6.07) is -1.07. The van der Waals surface area contributed by atoms with Crippen LogP contribution in [0.4, 0.5) is 4.79 Å². The molecule has 0 saturated heterocycles. The van der Waals surface area contributed by atoms with Gasteiger partial charge in [0.15, 0.2) is 6.04 Å². The summed E-state index contributed by atoms with van der Waals surface area (Å²) in [5.74, 6) is -0.572. The molecule has 0 aromatic heterocycles. The van der Waals surface area contributed by atoms with Gasteiger partial charge < -0.3 is 19.9 Å². The summed E-state index contributed by atoms with van der Waals surface area (Å²) in [5, 5.41) is 11.2. The zero-order valence-electron chi connectivity index (χ0n) is 11.1. The van der Waals surface area contributed by atoms with E-state index < -0.39 is 23.7 Å². The van der Waals surface area contributed by atoms with E-state index >= 15 is 0 Å². The summed E-state index contributed by atoms with van der Waals surface area (Å²) in [6.07, 6.45) is 1.53. The minimum Gasteiger partial charge on any atom is -0.480 e. The lowest BCUT2D eigenvalue weighted by atomic mass is 10.2. The molecule has 0 heterocycles. The molecule has 104 valence electrons. The number of carboxylic acid groups (broad SMARTS) is 1. The van der Waals surface area contributed by atoms with E-state index in [9.17, 15) is 9.59 Å². The van der Waals surface area contributed by atoms with Crippen LogP contribution in [0.2, 0.25) is 0 Å². The number of hydrogen-bond donors (Lipinski definition) is 2. The van der Waals surface area contributed by atoms with Crippen molar-refractivity contribution in [1.82, 2.24) is 5.32 Å². The van der Waals surface area contributed by atoms with Crippen molar-refractivity contribution in [3.8, 4) is 0 Å². The van der Waals surface area contributed by atoms with Crippen molar-refractivity contribution in [2.75, 3.05) is 13.2 Å². The molecule has 1 fully saturated rings. The van der Waals surface area contributed by atoms with Crippen LogP contribution in [-0.4, -0.2) is 42.0 Å². The lowest BCUT2D eigenvalue weighted by Gasteiger charge is -2.21. The topological polar surface area (TPSA) is 84.9 Å². The van der Waals surface area contributed by atoms with Gasteiger partial charge in [0, 0.05) is 6.61 Å². The average Bonchev–Trinajstić information content (AvgIpc) is 2.96. The highest BCUT2D eigenvalue weighted by atomic mass is 16.6. The molecule has 1 amide bonds. The number of alkyl carbamates (subject to hydrolysis) is 1. The number of hydrogen-bond acceptors (Lipinski definition) is 4. The Kier molecular flexibility index (Phi) is 4.95. The molecule has 1 aliphatic rings. The van der Waals surface area contributed by atoms with Crippen LogP contribution < -0.4 is 5.32 Å². The van der Waals surface area contributed by atoms with Crippen molar-refractivity contribution in [1.29, 1.82) is 0 Å². The predicted octanol–water partition coefficient (Wildman–Crippen LogP) is 1.39. The van der Waals surface area contributed by atoms with Gasteiger partial charge in [-0.15, -0.1) is 0 Å². The number of carbonyl (C=O) groups excluding carboxylic acids is 1. The van der Waals surface area contributed by atoms with Gasteiger partial charge in [-0.2, -0.15) is 0 Å². The summed E-state index contributed by atoms with van der Waals surface area (Å²) in [4.78, 5) is 22.4. The summed E-state index contributed by atoms with van der Waals surface area (Å²) < 4.78 is 10.3. The maximum Gasteiger partial charge on any atom is 0.408 e. The van der Waals surface area contributed by atoms with Crippen molar-refractivity contribution in [2.24, 2.45) is 5.92 Å². The van der Waals surface area contributed by atoms with Crippen LogP contribution in [0.25, 0.3) is 0 Å². The quantitative estimate of drug-likeness (QED) is 0.753. The third-order valence-corrected chi connectivity index (χ3v) is 2.32. The monoisotopic (exact) mass is 259 g/mol. The number of nitrogens with one attached hydrogen (secondary N) is 1. The maximum absolute atomic E-state index is 11.4.